The van der Waals surface area contributed by atoms with Crippen LogP contribution in [0.25, 0.3) is 0 Å². The number of aryl methyl sites for hydroxylation is 1. The van der Waals surface area contributed by atoms with E-state index in [9.17, 15) is 14.4 Å². The third-order valence-corrected chi connectivity index (χ3v) is 10.9. The zero-order valence-electron chi connectivity index (χ0n) is 33.9. The monoisotopic (exact) mass is 750 g/mol. The molecule has 8 nitrogen and oxygen atoms in total. The van der Waals surface area contributed by atoms with Crippen molar-refractivity contribution in [1.82, 2.24) is 14.9 Å². The predicted molar refractivity (Wildman–Crippen MR) is 219 cm³/mol. The van der Waals surface area contributed by atoms with E-state index in [-0.39, 0.29) is 18.0 Å². The van der Waals surface area contributed by atoms with E-state index in [1.807, 2.05) is 10.8 Å². The molecule has 1 heterocycles. The molecule has 0 aliphatic heterocycles. The molecule has 0 radical (unpaired) electrons. The molecule has 1 aromatic heterocycles. The Hall–Kier alpha value is -2.03. The molecule has 1 unspecified atom stereocenters. The summed E-state index contributed by atoms with van der Waals surface area (Å²) in [6.07, 6.45) is 35.4. The van der Waals surface area contributed by atoms with Gasteiger partial charge in [-0.2, -0.15) is 11.8 Å². The number of imidazole rings is 1. The van der Waals surface area contributed by atoms with Crippen LogP contribution in [-0.2, 0) is 30.4 Å². The Kier molecular flexibility index (Phi) is 33.2. The Morgan fingerprint density at radius 3 is 1.75 bits per heavy atom. The minimum absolute atomic E-state index is 0.139. The third-order valence-electron chi connectivity index (χ3n) is 9.86. The normalized spacial score (nSPS) is 11.9. The smallest absolute Gasteiger partial charge is 0.318 e. The number of aromatic nitrogens is 2. The van der Waals surface area contributed by atoms with Crippen molar-refractivity contribution in [2.24, 2.45) is 5.92 Å². The highest BCUT2D eigenvalue weighted by molar-refractivity contribution is 7.99. The largest absolute Gasteiger partial charge is 0.466 e. The van der Waals surface area contributed by atoms with Crippen LogP contribution in [0.5, 0.6) is 0 Å². The molecule has 0 saturated heterocycles. The van der Waals surface area contributed by atoms with Crippen molar-refractivity contribution >= 4 is 29.6 Å². The van der Waals surface area contributed by atoms with Gasteiger partial charge in [-0.25, -0.2) is 4.98 Å². The summed E-state index contributed by atoms with van der Waals surface area (Å²) in [5.41, 5.74) is 0. The summed E-state index contributed by atoms with van der Waals surface area (Å²) in [6.45, 7) is 8.44. The van der Waals surface area contributed by atoms with Crippen LogP contribution < -0.4 is 5.32 Å². The number of carbonyl (C=O) groups excluding carboxylic acids is 3. The van der Waals surface area contributed by atoms with Crippen LogP contribution in [0.3, 0.4) is 0 Å². The number of esters is 2. The molecule has 1 atom stereocenters. The van der Waals surface area contributed by atoms with E-state index in [1.165, 1.54) is 103 Å². The topological polar surface area (TPSA) is 99.5 Å². The molecular weight excluding hydrogens is 671 g/mol. The summed E-state index contributed by atoms with van der Waals surface area (Å²) in [5.74, 6) is -0.449. The van der Waals surface area contributed by atoms with Gasteiger partial charge in [0.15, 0.2) is 0 Å². The molecular formula is C43H79N3O5S. The average molecular weight is 750 g/mol. The Morgan fingerprint density at radius 2 is 1.21 bits per heavy atom. The molecule has 1 amide bonds. The molecule has 302 valence electrons. The van der Waals surface area contributed by atoms with Gasteiger partial charge in [0.2, 0.25) is 5.91 Å². The number of nitrogens with zero attached hydrogens (tertiary/aromatic N) is 2. The van der Waals surface area contributed by atoms with Crippen molar-refractivity contribution in [3.05, 3.63) is 18.7 Å². The van der Waals surface area contributed by atoms with Crippen molar-refractivity contribution in [1.29, 1.82) is 0 Å². The van der Waals surface area contributed by atoms with Gasteiger partial charge in [0, 0.05) is 31.2 Å². The Balaban J connectivity index is 2.53. The van der Waals surface area contributed by atoms with E-state index in [4.69, 9.17) is 9.47 Å². The van der Waals surface area contributed by atoms with Gasteiger partial charge in [0.1, 0.15) is 12.0 Å². The lowest BCUT2D eigenvalue weighted by Gasteiger charge is -2.22. The van der Waals surface area contributed by atoms with Gasteiger partial charge in [-0.05, 0) is 50.7 Å². The highest BCUT2D eigenvalue weighted by Crippen LogP contribution is 2.21. The molecule has 0 aliphatic carbocycles. The second kappa shape index (κ2) is 36.0. The number of thioether (sulfide) groups is 1. The van der Waals surface area contributed by atoms with E-state index in [1.54, 1.807) is 24.3 Å². The summed E-state index contributed by atoms with van der Waals surface area (Å²) < 4.78 is 13.6. The first kappa shape index (κ1) is 48.0. The van der Waals surface area contributed by atoms with Crippen LogP contribution in [0.1, 0.15) is 194 Å². The summed E-state index contributed by atoms with van der Waals surface area (Å²) >= 11 is 1.60. The van der Waals surface area contributed by atoms with E-state index >= 15 is 0 Å². The van der Waals surface area contributed by atoms with Gasteiger partial charge in [-0.3, -0.25) is 14.4 Å². The number of carbonyl (C=O) groups is 3. The van der Waals surface area contributed by atoms with Gasteiger partial charge in [-0.1, -0.05) is 143 Å². The van der Waals surface area contributed by atoms with Gasteiger partial charge in [-0.15, -0.1) is 0 Å². The maximum absolute atomic E-state index is 13.6. The fourth-order valence-corrected chi connectivity index (χ4v) is 7.41. The number of amides is 1. The summed E-state index contributed by atoms with van der Waals surface area (Å²) in [5, 5.41) is 3.00. The molecule has 1 N–H and O–H groups in total. The lowest BCUT2D eigenvalue weighted by atomic mass is 10.0. The average Bonchev–Trinajstić information content (AvgIpc) is 3.67. The van der Waals surface area contributed by atoms with Crippen LogP contribution in [0.4, 0.5) is 0 Å². The standard InChI is InChI=1S/C43H79N3O5S/c1-4-7-10-13-16-17-18-19-22-25-35-50-41(47)30-37-52-36-29-40(42(48)45-31-26-33-46-34-32-44-38-46)43(49)51-39(27-23-20-14-11-8-5-2)28-24-21-15-12-9-6-3/h32,34,38-40H,4-31,33,35-37H2,1-3H3,(H,45,48). The second-order valence-corrected chi connectivity index (χ2v) is 15.9. The minimum atomic E-state index is -0.847. The Labute approximate surface area is 323 Å². The van der Waals surface area contributed by atoms with Crippen LogP contribution in [0.15, 0.2) is 18.7 Å². The predicted octanol–water partition coefficient (Wildman–Crippen LogP) is 11.4. The summed E-state index contributed by atoms with van der Waals surface area (Å²) in [6, 6.07) is 0. The van der Waals surface area contributed by atoms with E-state index in [2.05, 4.69) is 31.1 Å². The van der Waals surface area contributed by atoms with Crippen LogP contribution >= 0.6 is 11.8 Å². The van der Waals surface area contributed by atoms with Crippen molar-refractivity contribution in [2.45, 2.75) is 207 Å². The number of hydrogen-bond donors (Lipinski definition) is 1. The van der Waals surface area contributed by atoms with Crippen LogP contribution in [-0.4, -0.2) is 58.2 Å². The molecule has 0 aromatic carbocycles. The number of hydrogen-bond acceptors (Lipinski definition) is 7. The quantitative estimate of drug-likeness (QED) is 0.0408. The van der Waals surface area contributed by atoms with Gasteiger partial charge < -0.3 is 19.4 Å². The van der Waals surface area contributed by atoms with E-state index in [0.717, 1.165) is 64.3 Å². The molecule has 0 aliphatic rings. The Bertz CT molecular complexity index is 945. The van der Waals surface area contributed by atoms with Crippen LogP contribution in [0, 0.1) is 5.92 Å². The Morgan fingerprint density at radius 1 is 0.673 bits per heavy atom. The van der Waals surface area contributed by atoms with Crippen molar-refractivity contribution in [2.75, 3.05) is 24.7 Å². The SMILES string of the molecule is CCCCCCCCCCCCOC(=O)CCSCCC(C(=O)NCCCn1ccnc1)C(=O)OC(CCCCCCCC)CCCCCCCC. The van der Waals surface area contributed by atoms with Crippen molar-refractivity contribution < 1.29 is 23.9 Å². The molecule has 1 rings (SSSR count). The lowest BCUT2D eigenvalue weighted by Crippen LogP contribution is -2.38. The maximum Gasteiger partial charge on any atom is 0.318 e. The van der Waals surface area contributed by atoms with E-state index in [0.29, 0.717) is 37.5 Å². The molecule has 0 bridgehead atoms. The zero-order chi connectivity index (χ0) is 37.7. The summed E-state index contributed by atoms with van der Waals surface area (Å²) in [4.78, 5) is 43.4. The van der Waals surface area contributed by atoms with Gasteiger partial charge in [0.25, 0.3) is 0 Å². The molecule has 0 saturated carbocycles. The first-order chi connectivity index (χ1) is 25.5. The fourth-order valence-electron chi connectivity index (χ4n) is 6.49. The second-order valence-electron chi connectivity index (χ2n) is 14.7. The van der Waals surface area contributed by atoms with Gasteiger partial charge >= 0.3 is 11.9 Å². The van der Waals surface area contributed by atoms with Crippen molar-refractivity contribution in [3.8, 4) is 0 Å². The van der Waals surface area contributed by atoms with Gasteiger partial charge in [0.05, 0.1) is 19.4 Å². The summed E-state index contributed by atoms with van der Waals surface area (Å²) in [7, 11) is 0. The lowest BCUT2D eigenvalue weighted by molar-refractivity contribution is -0.158. The highest BCUT2D eigenvalue weighted by atomic mass is 32.2. The van der Waals surface area contributed by atoms with Crippen molar-refractivity contribution in [3.63, 3.8) is 0 Å². The minimum Gasteiger partial charge on any atom is -0.466 e. The number of nitrogens with one attached hydrogen (secondary N) is 1. The molecule has 0 fully saturated rings. The third kappa shape index (κ3) is 28.5. The molecule has 1 aromatic rings. The maximum atomic E-state index is 13.6. The number of unbranched alkanes of at least 4 members (excludes halogenated alkanes) is 19. The fraction of sp³-hybridized carbons (Fsp3) is 0.860. The first-order valence-corrected chi connectivity index (χ1v) is 22.8. The number of ether oxygens (including phenoxy) is 2. The highest BCUT2D eigenvalue weighted by Gasteiger charge is 2.30. The van der Waals surface area contributed by atoms with Crippen LogP contribution in [0.2, 0.25) is 0 Å². The molecule has 52 heavy (non-hydrogen) atoms. The molecule has 9 heteroatoms. The van der Waals surface area contributed by atoms with E-state index < -0.39 is 11.9 Å². The first-order valence-electron chi connectivity index (χ1n) is 21.7. The number of rotatable bonds is 38. The zero-order valence-corrected chi connectivity index (χ0v) is 34.7. The molecule has 0 spiro atoms.